The monoisotopic (exact) mass is 560 g/mol. The van der Waals surface area contributed by atoms with Crippen LogP contribution in [0.15, 0.2) is 77.8 Å². The minimum absolute atomic E-state index is 0.0619. The smallest absolute Gasteiger partial charge is 0.339 e. The molecule has 1 heterocycles. The van der Waals surface area contributed by atoms with E-state index in [-0.39, 0.29) is 34.7 Å². The lowest BCUT2D eigenvalue weighted by molar-refractivity contribution is 0.170. The molecule has 0 unspecified atom stereocenters. The van der Waals surface area contributed by atoms with Crippen molar-refractivity contribution in [2.45, 2.75) is 30.4 Å². The van der Waals surface area contributed by atoms with Crippen LogP contribution >= 0.6 is 0 Å². The van der Waals surface area contributed by atoms with Crippen molar-refractivity contribution in [1.29, 1.82) is 0 Å². The molecule has 38 heavy (non-hydrogen) atoms. The zero-order valence-corrected chi connectivity index (χ0v) is 22.3. The van der Waals surface area contributed by atoms with Gasteiger partial charge in [-0.25, -0.2) is 0 Å². The second kappa shape index (κ2) is 11.0. The van der Waals surface area contributed by atoms with E-state index in [9.17, 15) is 27.0 Å². The molecule has 4 N–H and O–H groups in total. The minimum Gasteiger partial charge on any atom is -0.504 e. The Labute approximate surface area is 221 Å². The van der Waals surface area contributed by atoms with Crippen LogP contribution in [0.25, 0.3) is 10.9 Å². The van der Waals surface area contributed by atoms with Crippen molar-refractivity contribution in [2.75, 3.05) is 12.8 Å². The van der Waals surface area contributed by atoms with Crippen LogP contribution in [0, 0.1) is 0 Å². The summed E-state index contributed by atoms with van der Waals surface area (Å²) in [6, 6.07) is 16.6. The zero-order chi connectivity index (χ0) is 27.5. The number of hydrogen-bond donors (Lipinski definition) is 4. The van der Waals surface area contributed by atoms with Crippen LogP contribution in [0.2, 0.25) is 0 Å². The number of H-pyrrole nitrogens is 1. The van der Waals surface area contributed by atoms with Gasteiger partial charge in [-0.15, -0.1) is 0 Å². The van der Waals surface area contributed by atoms with Gasteiger partial charge in [0.25, 0.3) is 0 Å². The summed E-state index contributed by atoms with van der Waals surface area (Å²) >= 11 is 0. The van der Waals surface area contributed by atoms with E-state index < -0.39 is 26.3 Å². The predicted molar refractivity (Wildman–Crippen MR) is 142 cm³/mol. The average molecular weight is 561 g/mol. The molecule has 0 saturated heterocycles. The Kier molecular flexibility index (Phi) is 7.97. The largest absolute Gasteiger partial charge is 0.504 e. The second-order valence-electron chi connectivity index (χ2n) is 8.89. The lowest BCUT2D eigenvalue weighted by atomic mass is 10.0. The van der Waals surface area contributed by atoms with Crippen LogP contribution in [0.1, 0.15) is 24.2 Å². The summed E-state index contributed by atoms with van der Waals surface area (Å²) < 4.78 is 58.4. The quantitative estimate of drug-likeness (QED) is 0.202. The first-order valence-electron chi connectivity index (χ1n) is 11.7. The van der Waals surface area contributed by atoms with Crippen LogP contribution in [0.4, 0.5) is 0 Å². The van der Waals surface area contributed by atoms with Crippen LogP contribution in [0.3, 0.4) is 0 Å². The molecular formula is C26H28N2O8S2. The van der Waals surface area contributed by atoms with E-state index in [2.05, 4.69) is 10.3 Å². The molecule has 3 aromatic carbocycles. The lowest BCUT2D eigenvalue weighted by Crippen LogP contribution is -2.32. The van der Waals surface area contributed by atoms with Crippen LogP contribution in [-0.4, -0.2) is 50.9 Å². The SMILES string of the molecule is C[C@H](Cc1c[nH]c2c(OS(C)(=O)=O)cccc12)NC[C@H](O)c1ccc(O)c(OS(=O)(=O)c2ccccc2)c1. The Morgan fingerprint density at radius 3 is 2.39 bits per heavy atom. The van der Waals surface area contributed by atoms with Gasteiger partial charge in [-0.2, -0.15) is 16.8 Å². The van der Waals surface area contributed by atoms with Crippen LogP contribution in [-0.2, 0) is 26.7 Å². The number of phenolic OH excluding ortho intramolecular Hbond substituents is 1. The van der Waals surface area contributed by atoms with Crippen molar-refractivity contribution < 1.29 is 35.4 Å². The van der Waals surface area contributed by atoms with E-state index in [4.69, 9.17) is 8.37 Å². The number of aromatic nitrogens is 1. The van der Waals surface area contributed by atoms with E-state index in [0.29, 0.717) is 17.5 Å². The van der Waals surface area contributed by atoms with Crippen molar-refractivity contribution in [3.05, 3.63) is 84.1 Å². The Bertz CT molecular complexity index is 1630. The molecule has 4 rings (SSSR count). The van der Waals surface area contributed by atoms with E-state index >= 15 is 0 Å². The third-order valence-corrected chi connectivity index (χ3v) is 7.52. The summed E-state index contributed by atoms with van der Waals surface area (Å²) in [6.07, 6.45) is 2.32. The van der Waals surface area contributed by atoms with Gasteiger partial charge in [-0.1, -0.05) is 36.4 Å². The highest BCUT2D eigenvalue weighted by Gasteiger charge is 2.20. The summed E-state index contributed by atoms with van der Waals surface area (Å²) in [4.78, 5) is 3.00. The number of benzene rings is 3. The Balaban J connectivity index is 1.41. The molecular weight excluding hydrogens is 532 g/mol. The Morgan fingerprint density at radius 1 is 0.947 bits per heavy atom. The lowest BCUT2D eigenvalue weighted by Gasteiger charge is -2.18. The summed E-state index contributed by atoms with van der Waals surface area (Å²) in [5.74, 6) is -0.448. The maximum absolute atomic E-state index is 12.5. The van der Waals surface area contributed by atoms with Gasteiger partial charge in [0.05, 0.1) is 17.9 Å². The number of phenols is 1. The fourth-order valence-electron chi connectivity index (χ4n) is 3.98. The zero-order valence-electron chi connectivity index (χ0n) is 20.7. The van der Waals surface area contributed by atoms with Crippen molar-refractivity contribution in [2.24, 2.45) is 0 Å². The number of aliphatic hydroxyl groups excluding tert-OH is 1. The maximum Gasteiger partial charge on any atom is 0.339 e. The molecule has 1 aromatic heterocycles. The molecule has 0 spiro atoms. The van der Waals surface area contributed by atoms with Gasteiger partial charge >= 0.3 is 20.2 Å². The predicted octanol–water partition coefficient (Wildman–Crippen LogP) is 3.23. The number of aliphatic hydroxyl groups is 1. The summed E-state index contributed by atoms with van der Waals surface area (Å²) in [6.45, 7) is 2.07. The number of aromatic amines is 1. The van der Waals surface area contributed by atoms with E-state index in [1.165, 1.54) is 30.3 Å². The standard InChI is InChI=1S/C26H28N2O8S2/c1-17(13-19-15-28-26-21(19)9-6-10-24(26)35-37(2,31)32)27-16-23(30)18-11-12-22(29)25(14-18)36-38(33,34)20-7-4-3-5-8-20/h3-12,14-15,17,23,27-30H,13,16H2,1-2H3/t17-,23+/m1/s1. The van der Waals surface area contributed by atoms with Crippen molar-refractivity contribution in [1.82, 2.24) is 10.3 Å². The number of hydrogen-bond acceptors (Lipinski definition) is 9. The van der Waals surface area contributed by atoms with Gasteiger partial charge in [0.2, 0.25) is 0 Å². The molecule has 202 valence electrons. The molecule has 0 radical (unpaired) electrons. The molecule has 0 aliphatic rings. The Hall–Kier alpha value is -3.58. The molecule has 10 nitrogen and oxygen atoms in total. The van der Waals surface area contributed by atoms with E-state index in [1.54, 1.807) is 36.5 Å². The molecule has 2 atom stereocenters. The number of nitrogens with one attached hydrogen (secondary N) is 2. The first-order valence-corrected chi connectivity index (χ1v) is 14.9. The third-order valence-electron chi connectivity index (χ3n) is 5.79. The van der Waals surface area contributed by atoms with E-state index in [0.717, 1.165) is 17.2 Å². The first kappa shape index (κ1) is 27.5. The fourth-order valence-corrected chi connectivity index (χ4v) is 5.40. The van der Waals surface area contributed by atoms with Crippen molar-refractivity contribution in [3.63, 3.8) is 0 Å². The Morgan fingerprint density at radius 2 is 1.68 bits per heavy atom. The van der Waals surface area contributed by atoms with Crippen LogP contribution < -0.4 is 13.7 Å². The average Bonchev–Trinajstić information content (AvgIpc) is 3.27. The highest BCUT2D eigenvalue weighted by atomic mass is 32.2. The number of para-hydroxylation sites is 1. The van der Waals surface area contributed by atoms with Gasteiger partial charge in [-0.05, 0) is 54.8 Å². The van der Waals surface area contributed by atoms with Crippen molar-refractivity contribution in [3.8, 4) is 17.2 Å². The van der Waals surface area contributed by atoms with Gasteiger partial charge in [0.1, 0.15) is 4.90 Å². The summed E-state index contributed by atoms with van der Waals surface area (Å²) in [5.41, 5.74) is 1.86. The van der Waals surface area contributed by atoms with E-state index in [1.807, 2.05) is 13.0 Å². The van der Waals surface area contributed by atoms with Crippen molar-refractivity contribution >= 4 is 31.1 Å². The molecule has 0 bridgehead atoms. The summed E-state index contributed by atoms with van der Waals surface area (Å²) in [5, 5.41) is 24.9. The summed E-state index contributed by atoms with van der Waals surface area (Å²) in [7, 11) is -7.84. The van der Waals surface area contributed by atoms with Gasteiger partial charge in [-0.3, -0.25) is 0 Å². The fraction of sp³-hybridized carbons (Fsp3) is 0.231. The van der Waals surface area contributed by atoms with Gasteiger partial charge < -0.3 is 28.9 Å². The van der Waals surface area contributed by atoms with Crippen LogP contribution in [0.5, 0.6) is 17.2 Å². The number of rotatable bonds is 11. The van der Waals surface area contributed by atoms with Gasteiger partial charge in [0.15, 0.2) is 17.2 Å². The molecule has 0 aliphatic heterocycles. The maximum atomic E-state index is 12.5. The molecule has 12 heteroatoms. The topological polar surface area (TPSA) is 155 Å². The molecule has 0 saturated carbocycles. The highest BCUT2D eigenvalue weighted by Crippen LogP contribution is 2.32. The normalized spacial score (nSPS) is 13.8. The molecule has 0 aliphatic carbocycles. The number of fused-ring (bicyclic) bond motifs is 1. The van der Waals surface area contributed by atoms with Gasteiger partial charge in [0, 0.05) is 24.2 Å². The molecule has 4 aromatic rings. The first-order chi connectivity index (χ1) is 17.9. The highest BCUT2D eigenvalue weighted by molar-refractivity contribution is 7.87. The molecule has 0 fully saturated rings. The third kappa shape index (κ3) is 6.64. The minimum atomic E-state index is -4.17. The second-order valence-corrected chi connectivity index (χ2v) is 12.0. The molecule has 0 amide bonds. The number of aromatic hydroxyl groups is 1.